The molecule has 0 aliphatic carbocycles. The minimum atomic E-state index is -5.15. The van der Waals surface area contributed by atoms with Crippen LogP contribution >= 0.6 is 0 Å². The van der Waals surface area contributed by atoms with E-state index in [0.29, 0.717) is 44.3 Å². The highest BCUT2D eigenvalue weighted by Gasteiger charge is 2.43. The summed E-state index contributed by atoms with van der Waals surface area (Å²) in [6.45, 7) is 63.7. The maximum absolute atomic E-state index is 16.9. The average Bonchev–Trinajstić information content (AvgIpc) is 1.53. The second-order valence-corrected chi connectivity index (χ2v) is 35.4. The van der Waals surface area contributed by atoms with E-state index in [4.69, 9.17) is 0 Å². The molecule has 0 unspecified atom stereocenters. The molecule has 16 aromatic rings. The molecule has 5 nitrogen and oxygen atoms in total. The second kappa shape index (κ2) is 29.3. The predicted octanol–water partition coefficient (Wildman–Crippen LogP) is 31.2. The van der Waals surface area contributed by atoms with Gasteiger partial charge >= 0.3 is 6.18 Å². The van der Waals surface area contributed by atoms with Gasteiger partial charge in [-0.2, -0.15) is 18.4 Å². The summed E-state index contributed by atoms with van der Waals surface area (Å²) in [6.07, 6.45) is -5.15. The molecule has 0 N–H and O–H groups in total. The van der Waals surface area contributed by atoms with Crippen molar-refractivity contribution in [1.29, 1.82) is 5.26 Å². The SMILES string of the molecule is Cc1c(C)c(C)c2c(c1C)c1c(C)c(C)c(C)c(C)c1n2-c1cc(-c2c(F)c(F)c(F)c(F)c2F)cc(-n2c3c(C)c(C)c(C)c(C)c3c3c(C)c(C)c(C)c(C)c32)c1C#N.Cc1c(C)c(C)c2c(c1C)c1c(C)c(C)c(C)c(C)c1n2-c1cc(-c2c(F)c(F)c(F)c(F)c2F)cc(-n2c3c(C)c(C)c(C)c(C)c3c3c(C)c(C)c(C)c(C)c32)c1C(F)(F)F. The molecule has 0 fully saturated rings. The molecule has 0 aliphatic rings. The quantitative estimate of drug-likeness (QED) is 0.0929. The summed E-state index contributed by atoms with van der Waals surface area (Å²) in [7, 11) is 0. The molecule has 0 saturated carbocycles. The number of nitriles is 1. The first kappa shape index (κ1) is 87.3. The molecule has 0 saturated heterocycles. The number of fused-ring (bicyclic) bond motifs is 12. The molecule has 0 radical (unpaired) electrons. The van der Waals surface area contributed by atoms with Gasteiger partial charge in [-0.1, -0.05) is 0 Å². The lowest BCUT2D eigenvalue weighted by atomic mass is 9.90. The Balaban J connectivity index is 0.000000192. The number of aromatic nitrogens is 4. The molecule has 4 heterocycles. The largest absolute Gasteiger partial charge is 0.420 e. The zero-order chi connectivity index (χ0) is 91.6. The Morgan fingerprint density at radius 1 is 0.202 bits per heavy atom. The van der Waals surface area contributed by atoms with Crippen molar-refractivity contribution in [2.75, 3.05) is 0 Å². The molecule has 0 bridgehead atoms. The second-order valence-electron chi connectivity index (χ2n) is 35.4. The lowest BCUT2D eigenvalue weighted by Gasteiger charge is -2.25. The van der Waals surface area contributed by atoms with Crippen molar-refractivity contribution in [2.24, 2.45) is 0 Å². The number of nitrogens with zero attached hydrogens (tertiary/aromatic N) is 5. The molecule has 0 atom stereocenters. The number of hydrogen-bond donors (Lipinski definition) is 0. The molecular weight excluding hydrogens is 1590 g/mol. The number of alkyl halides is 3. The van der Waals surface area contributed by atoms with Crippen LogP contribution in [0.15, 0.2) is 24.3 Å². The fourth-order valence-corrected chi connectivity index (χ4v) is 20.8. The maximum Gasteiger partial charge on any atom is 0.420 e. The Morgan fingerprint density at radius 3 is 0.492 bits per heavy atom. The summed E-state index contributed by atoms with van der Waals surface area (Å²) in [5.41, 5.74) is 30.3. The summed E-state index contributed by atoms with van der Waals surface area (Å²) in [5.74, 6) is -21.3. The number of rotatable bonds is 6. The van der Waals surface area contributed by atoms with Gasteiger partial charge in [0, 0.05) is 43.1 Å². The highest BCUT2D eigenvalue weighted by molar-refractivity contribution is 6.20. The molecular formula is C106H100F13N5. The topological polar surface area (TPSA) is 43.5 Å². The average molecular weight is 1690 g/mol. The van der Waals surface area contributed by atoms with Crippen molar-refractivity contribution in [1.82, 2.24) is 18.3 Å². The lowest BCUT2D eigenvalue weighted by Crippen LogP contribution is -2.17. The van der Waals surface area contributed by atoms with E-state index >= 15 is 48.3 Å². The first-order valence-corrected chi connectivity index (χ1v) is 41.7. The predicted molar refractivity (Wildman–Crippen MR) is 482 cm³/mol. The zero-order valence-corrected chi connectivity index (χ0v) is 76.5. The standard InChI is InChI=1S/C53H50F8N2.C53H50F5N3/c1-19-23(5)31(13)49-38(27(19)9)39-28(10)20(2)24(6)32(14)50(39)62(49)36-17-35(42-44(54)46(56)48(58)47(57)45(42)55)18-37(43(36)53(59,60)61)63-51-33(15)25(7)21(3)29(11)40(51)41-30(12)22(4)26(8)34(16)52(41)63;1-20-24(5)32(13)50-40(28(20)9)41-29(10)21(2)25(6)33(14)51(41)60(50)38-17-36(44-45(54)47(56)49(58)48(57)46(44)55)18-39(37(38)19-59)61-52-34(15)26(7)22(3)30(11)42(52)43-31(12)23(4)27(8)35(16)53(43)61/h17-18H,1-16H3;17-18H,1-16H3. The number of benzene rings is 12. The van der Waals surface area contributed by atoms with Crippen molar-refractivity contribution >= 4 is 87.2 Å². The Labute approximate surface area is 714 Å². The smallest absolute Gasteiger partial charge is 0.308 e. The van der Waals surface area contributed by atoms with Crippen molar-refractivity contribution in [2.45, 2.75) is 228 Å². The minimum Gasteiger partial charge on any atom is -0.308 e. The molecule has 16 rings (SSSR count). The van der Waals surface area contributed by atoms with Gasteiger partial charge in [0.05, 0.1) is 78.0 Å². The molecule has 124 heavy (non-hydrogen) atoms. The first-order chi connectivity index (χ1) is 57.8. The van der Waals surface area contributed by atoms with Gasteiger partial charge in [0.15, 0.2) is 46.5 Å². The van der Waals surface area contributed by atoms with Crippen LogP contribution in [0.1, 0.15) is 189 Å². The summed E-state index contributed by atoms with van der Waals surface area (Å²) in [6, 6.07) is 7.31. The number of aryl methyl sites for hydroxylation is 16. The monoisotopic (exact) mass is 1690 g/mol. The van der Waals surface area contributed by atoms with Crippen LogP contribution in [0.3, 0.4) is 0 Å². The first-order valence-electron chi connectivity index (χ1n) is 41.7. The third kappa shape index (κ3) is 11.4. The third-order valence-corrected chi connectivity index (χ3v) is 30.6. The van der Waals surface area contributed by atoms with E-state index in [1.165, 1.54) is 21.3 Å². The third-order valence-electron chi connectivity index (χ3n) is 30.6. The van der Waals surface area contributed by atoms with Crippen LogP contribution in [0.4, 0.5) is 57.1 Å². The summed E-state index contributed by atoms with van der Waals surface area (Å²) < 4.78 is 214. The van der Waals surface area contributed by atoms with E-state index < -0.39 is 98.0 Å². The molecule has 0 aliphatic heterocycles. The molecule has 18 heteroatoms. The molecule has 640 valence electrons. The summed E-state index contributed by atoms with van der Waals surface area (Å²) in [5, 5.41) is 18.5. The Kier molecular flexibility index (Phi) is 20.6. The van der Waals surface area contributed by atoms with E-state index in [2.05, 4.69) is 89.2 Å². The molecule has 12 aromatic carbocycles. The van der Waals surface area contributed by atoms with Crippen LogP contribution in [0.5, 0.6) is 0 Å². The highest BCUT2D eigenvalue weighted by atomic mass is 19.4. The Hall–Kier alpha value is -11.6. The van der Waals surface area contributed by atoms with Crippen LogP contribution in [0.2, 0.25) is 0 Å². The van der Waals surface area contributed by atoms with Gasteiger partial charge in [0.2, 0.25) is 11.6 Å². The van der Waals surface area contributed by atoms with Crippen LogP contribution in [-0.4, -0.2) is 18.3 Å². The fourth-order valence-electron chi connectivity index (χ4n) is 20.8. The minimum absolute atomic E-state index is 0.182. The maximum atomic E-state index is 16.9. The van der Waals surface area contributed by atoms with Gasteiger partial charge in [0.25, 0.3) is 0 Å². The van der Waals surface area contributed by atoms with E-state index in [9.17, 15) is 14.0 Å². The number of hydrogen-bond acceptors (Lipinski definition) is 1. The fraction of sp³-hybridized carbons (Fsp3) is 0.311. The van der Waals surface area contributed by atoms with Crippen molar-refractivity contribution in [3.05, 3.63) is 272 Å². The van der Waals surface area contributed by atoms with Crippen LogP contribution < -0.4 is 0 Å². The van der Waals surface area contributed by atoms with Crippen LogP contribution in [0, 0.1) is 291 Å². The van der Waals surface area contributed by atoms with Gasteiger partial charge in [-0.15, -0.1) is 0 Å². The van der Waals surface area contributed by atoms with Crippen molar-refractivity contribution in [3.63, 3.8) is 0 Å². The van der Waals surface area contributed by atoms with Gasteiger partial charge in [-0.25, -0.2) is 43.9 Å². The molecule has 0 spiro atoms. The van der Waals surface area contributed by atoms with Crippen molar-refractivity contribution in [3.8, 4) is 51.1 Å². The van der Waals surface area contributed by atoms with Crippen molar-refractivity contribution < 1.29 is 57.1 Å². The van der Waals surface area contributed by atoms with E-state index in [-0.39, 0.29) is 22.5 Å². The van der Waals surface area contributed by atoms with Gasteiger partial charge < -0.3 is 18.3 Å². The van der Waals surface area contributed by atoms with Gasteiger partial charge in [-0.3, -0.25) is 0 Å². The Bertz CT molecular complexity index is 7020. The zero-order valence-electron chi connectivity index (χ0n) is 76.5. The number of halogens is 13. The van der Waals surface area contributed by atoms with E-state index in [1.54, 1.807) is 0 Å². The molecule has 4 aromatic heterocycles. The highest BCUT2D eigenvalue weighted by Crippen LogP contribution is 2.55. The normalized spacial score (nSPS) is 12.2. The molecule has 0 amide bonds. The van der Waals surface area contributed by atoms with Gasteiger partial charge in [-0.05, 0) is 435 Å². The summed E-state index contributed by atoms with van der Waals surface area (Å²) >= 11 is 0. The van der Waals surface area contributed by atoms with E-state index in [0.717, 1.165) is 233 Å². The van der Waals surface area contributed by atoms with E-state index in [1.807, 2.05) is 148 Å². The Morgan fingerprint density at radius 2 is 0.339 bits per heavy atom. The summed E-state index contributed by atoms with van der Waals surface area (Å²) in [4.78, 5) is 0. The van der Waals surface area contributed by atoms with Crippen LogP contribution in [-0.2, 0) is 6.18 Å². The lowest BCUT2D eigenvalue weighted by molar-refractivity contribution is -0.137. The van der Waals surface area contributed by atoms with Gasteiger partial charge in [0.1, 0.15) is 17.2 Å². The van der Waals surface area contributed by atoms with Crippen LogP contribution in [0.25, 0.3) is 132 Å².